The zero-order valence-corrected chi connectivity index (χ0v) is 12.5. The molecule has 0 aliphatic carbocycles. The van der Waals surface area contributed by atoms with Crippen molar-refractivity contribution in [2.75, 3.05) is 12.3 Å². The molecule has 0 bridgehead atoms. The Labute approximate surface area is 121 Å². The van der Waals surface area contributed by atoms with Crippen LogP contribution >= 0.6 is 11.8 Å². The molecular formula is C13H17N5OS. The van der Waals surface area contributed by atoms with Crippen molar-refractivity contribution in [2.45, 2.75) is 23.9 Å². The van der Waals surface area contributed by atoms with E-state index in [0.29, 0.717) is 17.8 Å². The van der Waals surface area contributed by atoms with Gasteiger partial charge in [0.2, 0.25) is 0 Å². The standard InChI is InChI=1S/C13H17N5OS/c1-4-15-12(19)9-5-6-11(10(14)7-9)20-13-17-16-8(2)18(13)3/h5-7H,4,14H2,1-3H3,(H,15,19). The molecular weight excluding hydrogens is 274 g/mol. The molecule has 1 heterocycles. The number of amides is 1. The van der Waals surface area contributed by atoms with Crippen LogP contribution in [-0.2, 0) is 7.05 Å². The molecule has 6 nitrogen and oxygen atoms in total. The van der Waals surface area contributed by atoms with Gasteiger partial charge in [-0.2, -0.15) is 0 Å². The minimum absolute atomic E-state index is 0.120. The average molecular weight is 291 g/mol. The van der Waals surface area contributed by atoms with Gasteiger partial charge < -0.3 is 15.6 Å². The second-order valence-electron chi connectivity index (χ2n) is 4.30. The number of nitrogen functional groups attached to an aromatic ring is 1. The first-order valence-corrected chi connectivity index (χ1v) is 7.06. The smallest absolute Gasteiger partial charge is 0.251 e. The summed E-state index contributed by atoms with van der Waals surface area (Å²) in [5.41, 5.74) is 7.11. The maximum Gasteiger partial charge on any atom is 0.251 e. The van der Waals surface area contributed by atoms with Crippen molar-refractivity contribution in [3.63, 3.8) is 0 Å². The van der Waals surface area contributed by atoms with Gasteiger partial charge in [0.05, 0.1) is 0 Å². The molecule has 1 amide bonds. The fourth-order valence-electron chi connectivity index (χ4n) is 1.62. The molecule has 1 aromatic carbocycles. The topological polar surface area (TPSA) is 85.8 Å². The zero-order valence-electron chi connectivity index (χ0n) is 11.7. The number of nitrogens with two attached hydrogens (primary N) is 1. The average Bonchev–Trinajstić information content (AvgIpc) is 2.73. The molecule has 2 rings (SSSR count). The minimum atomic E-state index is -0.120. The highest BCUT2D eigenvalue weighted by Gasteiger charge is 2.11. The molecule has 3 N–H and O–H groups in total. The summed E-state index contributed by atoms with van der Waals surface area (Å²) in [6.45, 7) is 4.36. The van der Waals surface area contributed by atoms with E-state index in [0.717, 1.165) is 15.9 Å². The van der Waals surface area contributed by atoms with Crippen LogP contribution in [0.4, 0.5) is 5.69 Å². The number of benzene rings is 1. The number of hydrogen-bond acceptors (Lipinski definition) is 5. The SMILES string of the molecule is CCNC(=O)c1ccc(Sc2nnc(C)n2C)c(N)c1. The van der Waals surface area contributed by atoms with Crippen molar-refractivity contribution in [1.82, 2.24) is 20.1 Å². The van der Waals surface area contributed by atoms with E-state index >= 15 is 0 Å². The summed E-state index contributed by atoms with van der Waals surface area (Å²) in [5.74, 6) is 0.718. The van der Waals surface area contributed by atoms with Crippen LogP contribution in [0.15, 0.2) is 28.3 Å². The Balaban J connectivity index is 2.22. The summed E-state index contributed by atoms with van der Waals surface area (Å²) < 4.78 is 1.89. The van der Waals surface area contributed by atoms with Crippen LogP contribution in [0.2, 0.25) is 0 Å². The van der Waals surface area contributed by atoms with Gasteiger partial charge in [0.1, 0.15) is 5.82 Å². The number of nitrogens with zero attached hydrogens (tertiary/aromatic N) is 3. The number of anilines is 1. The molecule has 0 radical (unpaired) electrons. The monoisotopic (exact) mass is 291 g/mol. The summed E-state index contributed by atoms with van der Waals surface area (Å²) in [6, 6.07) is 5.26. The van der Waals surface area contributed by atoms with Gasteiger partial charge in [-0.05, 0) is 43.8 Å². The van der Waals surface area contributed by atoms with Gasteiger partial charge in [0.25, 0.3) is 5.91 Å². The molecule has 0 aliphatic heterocycles. The van der Waals surface area contributed by atoms with Crippen LogP contribution in [0.25, 0.3) is 0 Å². The Morgan fingerprint density at radius 1 is 1.45 bits per heavy atom. The Kier molecular flexibility index (Phi) is 4.29. The lowest BCUT2D eigenvalue weighted by Gasteiger charge is -2.08. The molecule has 2 aromatic rings. The highest BCUT2D eigenvalue weighted by molar-refractivity contribution is 7.99. The quantitative estimate of drug-likeness (QED) is 0.836. The van der Waals surface area contributed by atoms with Crippen molar-refractivity contribution < 1.29 is 4.79 Å². The summed E-state index contributed by atoms with van der Waals surface area (Å²) in [5, 5.41) is 11.6. The van der Waals surface area contributed by atoms with Crippen molar-refractivity contribution >= 4 is 23.4 Å². The molecule has 1 aromatic heterocycles. The summed E-state index contributed by atoms with van der Waals surface area (Å²) in [6.07, 6.45) is 0. The van der Waals surface area contributed by atoms with Crippen LogP contribution < -0.4 is 11.1 Å². The number of aryl methyl sites for hydroxylation is 1. The van der Waals surface area contributed by atoms with Crippen molar-refractivity contribution in [2.24, 2.45) is 7.05 Å². The highest BCUT2D eigenvalue weighted by Crippen LogP contribution is 2.31. The molecule has 0 atom stereocenters. The van der Waals surface area contributed by atoms with Gasteiger partial charge in [-0.25, -0.2) is 0 Å². The number of carbonyl (C=O) groups excluding carboxylic acids is 1. The molecule has 0 saturated heterocycles. The molecule has 20 heavy (non-hydrogen) atoms. The van der Waals surface area contributed by atoms with E-state index in [2.05, 4.69) is 15.5 Å². The molecule has 106 valence electrons. The van der Waals surface area contributed by atoms with E-state index in [9.17, 15) is 4.79 Å². The second-order valence-corrected chi connectivity index (χ2v) is 5.31. The predicted molar refractivity (Wildman–Crippen MR) is 78.7 cm³/mol. The molecule has 0 aliphatic rings. The Morgan fingerprint density at radius 3 is 2.75 bits per heavy atom. The lowest BCUT2D eigenvalue weighted by atomic mass is 10.2. The second kappa shape index (κ2) is 5.96. The summed E-state index contributed by atoms with van der Waals surface area (Å²) in [4.78, 5) is 12.6. The van der Waals surface area contributed by atoms with E-state index in [1.807, 2.05) is 31.5 Å². The van der Waals surface area contributed by atoms with Crippen LogP contribution in [0.1, 0.15) is 23.1 Å². The maximum absolute atomic E-state index is 11.7. The van der Waals surface area contributed by atoms with Gasteiger partial charge in [0, 0.05) is 29.7 Å². The van der Waals surface area contributed by atoms with Crippen molar-refractivity contribution in [3.05, 3.63) is 29.6 Å². The van der Waals surface area contributed by atoms with E-state index in [1.54, 1.807) is 12.1 Å². The van der Waals surface area contributed by atoms with Crippen molar-refractivity contribution in [3.8, 4) is 0 Å². The van der Waals surface area contributed by atoms with Gasteiger partial charge in [-0.15, -0.1) is 10.2 Å². The van der Waals surface area contributed by atoms with E-state index in [-0.39, 0.29) is 5.91 Å². The molecule has 0 unspecified atom stereocenters. The summed E-state index contributed by atoms with van der Waals surface area (Å²) in [7, 11) is 1.90. The third-order valence-electron chi connectivity index (χ3n) is 2.86. The minimum Gasteiger partial charge on any atom is -0.398 e. The number of aromatic nitrogens is 3. The largest absolute Gasteiger partial charge is 0.398 e. The van der Waals surface area contributed by atoms with Crippen LogP contribution in [0, 0.1) is 6.92 Å². The van der Waals surface area contributed by atoms with E-state index in [1.165, 1.54) is 11.8 Å². The predicted octanol–water partition coefficient (Wildman–Crippen LogP) is 1.61. The maximum atomic E-state index is 11.7. The molecule has 0 fully saturated rings. The van der Waals surface area contributed by atoms with Crippen molar-refractivity contribution in [1.29, 1.82) is 0 Å². The Morgan fingerprint density at radius 2 is 2.20 bits per heavy atom. The first kappa shape index (κ1) is 14.4. The molecule has 0 saturated carbocycles. The van der Waals surface area contributed by atoms with Gasteiger partial charge >= 0.3 is 0 Å². The first-order chi connectivity index (χ1) is 9.52. The van der Waals surface area contributed by atoms with E-state index < -0.39 is 0 Å². The fraction of sp³-hybridized carbons (Fsp3) is 0.308. The Bertz CT molecular complexity index is 638. The number of hydrogen-bond donors (Lipinski definition) is 2. The van der Waals surface area contributed by atoms with Crippen LogP contribution in [0.3, 0.4) is 0 Å². The van der Waals surface area contributed by atoms with Crippen LogP contribution in [0.5, 0.6) is 0 Å². The molecule has 7 heteroatoms. The summed E-state index contributed by atoms with van der Waals surface area (Å²) >= 11 is 1.43. The highest BCUT2D eigenvalue weighted by atomic mass is 32.2. The number of rotatable bonds is 4. The Hall–Kier alpha value is -2.02. The molecule has 0 spiro atoms. The zero-order chi connectivity index (χ0) is 14.7. The lowest BCUT2D eigenvalue weighted by molar-refractivity contribution is 0.0956. The lowest BCUT2D eigenvalue weighted by Crippen LogP contribution is -2.22. The third-order valence-corrected chi connectivity index (χ3v) is 3.99. The fourth-order valence-corrected chi connectivity index (χ4v) is 2.48. The van der Waals surface area contributed by atoms with Gasteiger partial charge in [-0.3, -0.25) is 4.79 Å². The van der Waals surface area contributed by atoms with E-state index in [4.69, 9.17) is 5.73 Å². The van der Waals surface area contributed by atoms with Crippen LogP contribution in [-0.4, -0.2) is 27.2 Å². The normalized spacial score (nSPS) is 10.6. The first-order valence-electron chi connectivity index (χ1n) is 6.24. The third kappa shape index (κ3) is 2.93. The van der Waals surface area contributed by atoms with Gasteiger partial charge in [-0.1, -0.05) is 0 Å². The number of nitrogens with one attached hydrogen (secondary N) is 1. The van der Waals surface area contributed by atoms with Gasteiger partial charge in [0.15, 0.2) is 5.16 Å². The number of carbonyl (C=O) groups is 1.